The van der Waals surface area contributed by atoms with Gasteiger partial charge in [-0.25, -0.2) is 8.42 Å². The molecule has 1 aliphatic rings. The number of ether oxygens (including phenoxy) is 1. The second kappa shape index (κ2) is 6.42. The lowest BCUT2D eigenvalue weighted by atomic mass is 10.2. The summed E-state index contributed by atoms with van der Waals surface area (Å²) in [5, 5.41) is 2.65. The molecule has 1 aromatic rings. The van der Waals surface area contributed by atoms with Crippen LogP contribution in [-0.4, -0.2) is 46.4 Å². The lowest BCUT2D eigenvalue weighted by Gasteiger charge is -2.18. The number of carbonyl (C=O) groups excluding carboxylic acids is 1. The van der Waals surface area contributed by atoms with E-state index in [9.17, 15) is 13.2 Å². The van der Waals surface area contributed by atoms with E-state index >= 15 is 0 Å². The number of rotatable bonds is 5. The van der Waals surface area contributed by atoms with E-state index in [2.05, 4.69) is 5.32 Å². The van der Waals surface area contributed by atoms with Gasteiger partial charge in [0.25, 0.3) is 0 Å². The lowest BCUT2D eigenvalue weighted by molar-refractivity contribution is -0.118. The van der Waals surface area contributed by atoms with Gasteiger partial charge in [-0.2, -0.15) is 0 Å². The zero-order chi connectivity index (χ0) is 15.5. The number of carbonyl (C=O) groups is 1. The highest BCUT2D eigenvalue weighted by molar-refractivity contribution is 7.93. The van der Waals surface area contributed by atoms with Crippen molar-refractivity contribution in [1.82, 2.24) is 0 Å². The molecule has 0 saturated carbocycles. The molecular formula is C13H19N3O4S. The number of sulfonamides is 1. The molecule has 1 aliphatic heterocycles. The van der Waals surface area contributed by atoms with Gasteiger partial charge in [0.1, 0.15) is 6.04 Å². The third kappa shape index (κ3) is 3.72. The zero-order valence-corrected chi connectivity index (χ0v) is 12.6. The summed E-state index contributed by atoms with van der Waals surface area (Å²) < 4.78 is 30.0. The van der Waals surface area contributed by atoms with Gasteiger partial charge in [-0.1, -0.05) is 6.07 Å². The minimum Gasteiger partial charge on any atom is -0.383 e. The second-order valence-electron chi connectivity index (χ2n) is 4.84. The fourth-order valence-electron chi connectivity index (χ4n) is 2.16. The summed E-state index contributed by atoms with van der Waals surface area (Å²) in [5.41, 5.74) is 6.69. The molecule has 21 heavy (non-hydrogen) atoms. The summed E-state index contributed by atoms with van der Waals surface area (Å²) in [5.74, 6) is -0.222. The summed E-state index contributed by atoms with van der Waals surface area (Å²) in [6.45, 7) is 0.578. The number of nitrogens with one attached hydrogen (secondary N) is 1. The highest BCUT2D eigenvalue weighted by atomic mass is 32.2. The van der Waals surface area contributed by atoms with Crippen LogP contribution in [0.15, 0.2) is 24.3 Å². The highest BCUT2D eigenvalue weighted by Crippen LogP contribution is 2.26. The van der Waals surface area contributed by atoms with Crippen LogP contribution in [0.25, 0.3) is 0 Å². The normalized spacial score (nSPS) is 18.5. The van der Waals surface area contributed by atoms with Gasteiger partial charge in [0.05, 0.1) is 18.0 Å². The van der Waals surface area contributed by atoms with Crippen LogP contribution in [0.3, 0.4) is 0 Å². The fourth-order valence-corrected chi connectivity index (χ4v) is 3.71. The molecule has 0 aliphatic carbocycles. The Balaban J connectivity index is 2.13. The van der Waals surface area contributed by atoms with Crippen LogP contribution >= 0.6 is 0 Å². The summed E-state index contributed by atoms with van der Waals surface area (Å²) in [4.78, 5) is 11.8. The van der Waals surface area contributed by atoms with Crippen LogP contribution in [0.1, 0.15) is 6.42 Å². The highest BCUT2D eigenvalue weighted by Gasteiger charge is 2.28. The van der Waals surface area contributed by atoms with Crippen LogP contribution in [0, 0.1) is 0 Å². The number of hydrogen-bond acceptors (Lipinski definition) is 5. The maximum atomic E-state index is 11.9. The van der Waals surface area contributed by atoms with Gasteiger partial charge in [0, 0.05) is 19.3 Å². The van der Waals surface area contributed by atoms with Gasteiger partial charge < -0.3 is 15.8 Å². The van der Waals surface area contributed by atoms with Crippen molar-refractivity contribution in [3.63, 3.8) is 0 Å². The van der Waals surface area contributed by atoms with Gasteiger partial charge in [0.2, 0.25) is 15.9 Å². The van der Waals surface area contributed by atoms with Crippen LogP contribution in [-0.2, 0) is 19.6 Å². The van der Waals surface area contributed by atoms with E-state index < -0.39 is 16.1 Å². The molecule has 1 saturated heterocycles. The molecule has 1 aromatic carbocycles. The summed E-state index contributed by atoms with van der Waals surface area (Å²) in [6, 6.07) is 5.94. The number of anilines is 2. The lowest BCUT2D eigenvalue weighted by Crippen LogP contribution is -2.39. The molecule has 1 unspecified atom stereocenters. The first-order valence-electron chi connectivity index (χ1n) is 6.60. The van der Waals surface area contributed by atoms with Crippen LogP contribution < -0.4 is 15.4 Å². The van der Waals surface area contributed by atoms with Crippen LogP contribution in [0.4, 0.5) is 11.4 Å². The van der Waals surface area contributed by atoms with Crippen LogP contribution in [0.2, 0.25) is 0 Å². The molecule has 0 spiro atoms. The Morgan fingerprint density at radius 2 is 2.29 bits per heavy atom. The Bertz CT molecular complexity index is 618. The number of amides is 1. The standard InChI is InChI=1S/C13H19N3O4S/c1-20-9-12(14)13(17)15-10-4-2-5-11(8-10)16-6-3-7-21(16,18)19/h2,4-5,8,12H,3,6-7,9,14H2,1H3,(H,15,17). The Morgan fingerprint density at radius 1 is 1.52 bits per heavy atom. The molecule has 0 bridgehead atoms. The van der Waals surface area contributed by atoms with Crippen molar-refractivity contribution in [2.45, 2.75) is 12.5 Å². The van der Waals surface area contributed by atoms with E-state index in [1.807, 2.05) is 0 Å². The molecule has 7 nitrogen and oxygen atoms in total. The Morgan fingerprint density at radius 3 is 2.90 bits per heavy atom. The van der Waals surface area contributed by atoms with Crippen molar-refractivity contribution < 1.29 is 17.9 Å². The summed E-state index contributed by atoms with van der Waals surface area (Å²) in [7, 11) is -1.77. The molecule has 3 N–H and O–H groups in total. The van der Waals surface area contributed by atoms with Crippen molar-refractivity contribution in [2.24, 2.45) is 5.73 Å². The van der Waals surface area contributed by atoms with Crippen molar-refractivity contribution in [3.8, 4) is 0 Å². The first kappa shape index (κ1) is 15.7. The van der Waals surface area contributed by atoms with Crippen molar-refractivity contribution in [1.29, 1.82) is 0 Å². The zero-order valence-electron chi connectivity index (χ0n) is 11.8. The summed E-state index contributed by atoms with van der Waals surface area (Å²) >= 11 is 0. The Labute approximate surface area is 124 Å². The topological polar surface area (TPSA) is 102 Å². The monoisotopic (exact) mass is 313 g/mol. The minimum atomic E-state index is -3.23. The average Bonchev–Trinajstić information content (AvgIpc) is 2.79. The number of nitrogens with zero attached hydrogens (tertiary/aromatic N) is 1. The first-order chi connectivity index (χ1) is 9.94. The quantitative estimate of drug-likeness (QED) is 0.805. The number of methoxy groups -OCH3 is 1. The van der Waals surface area contributed by atoms with Crippen molar-refractivity contribution in [2.75, 3.05) is 35.6 Å². The second-order valence-corrected chi connectivity index (χ2v) is 6.86. The van der Waals surface area contributed by atoms with Crippen LogP contribution in [0.5, 0.6) is 0 Å². The average molecular weight is 313 g/mol. The van der Waals surface area contributed by atoms with E-state index in [1.165, 1.54) is 11.4 Å². The predicted molar refractivity (Wildman–Crippen MR) is 80.7 cm³/mol. The van der Waals surface area contributed by atoms with Gasteiger partial charge in [-0.15, -0.1) is 0 Å². The minimum absolute atomic E-state index is 0.117. The SMILES string of the molecule is COCC(N)C(=O)Nc1cccc(N2CCCS2(=O)=O)c1. The molecule has 8 heteroatoms. The van der Waals surface area contributed by atoms with E-state index in [0.717, 1.165) is 0 Å². The smallest absolute Gasteiger partial charge is 0.243 e. The van der Waals surface area contributed by atoms with E-state index in [-0.39, 0.29) is 18.3 Å². The Hall–Kier alpha value is -1.64. The number of nitrogens with two attached hydrogens (primary N) is 1. The molecule has 0 radical (unpaired) electrons. The van der Waals surface area contributed by atoms with Crippen molar-refractivity contribution in [3.05, 3.63) is 24.3 Å². The van der Waals surface area contributed by atoms with E-state index in [0.29, 0.717) is 24.3 Å². The third-order valence-corrected chi connectivity index (χ3v) is 5.05. The van der Waals surface area contributed by atoms with Gasteiger partial charge in [-0.05, 0) is 24.6 Å². The molecule has 1 heterocycles. The molecule has 116 valence electrons. The molecule has 1 fully saturated rings. The third-order valence-electron chi connectivity index (χ3n) is 3.18. The number of hydrogen-bond donors (Lipinski definition) is 2. The Kier molecular flexibility index (Phi) is 4.81. The maximum Gasteiger partial charge on any atom is 0.243 e. The summed E-state index contributed by atoms with van der Waals surface area (Å²) in [6.07, 6.45) is 0.609. The predicted octanol–water partition coefficient (Wildman–Crippen LogP) is 0.139. The first-order valence-corrected chi connectivity index (χ1v) is 8.21. The largest absolute Gasteiger partial charge is 0.383 e. The molecule has 2 rings (SSSR count). The van der Waals surface area contributed by atoms with Gasteiger partial charge in [0.15, 0.2) is 0 Å². The van der Waals surface area contributed by atoms with E-state index in [4.69, 9.17) is 10.5 Å². The molecular weight excluding hydrogens is 294 g/mol. The van der Waals surface area contributed by atoms with Gasteiger partial charge in [-0.3, -0.25) is 9.10 Å². The maximum absolute atomic E-state index is 11.9. The number of benzene rings is 1. The van der Waals surface area contributed by atoms with Gasteiger partial charge >= 0.3 is 0 Å². The van der Waals surface area contributed by atoms with Crippen molar-refractivity contribution >= 4 is 27.3 Å². The molecule has 1 amide bonds. The molecule has 0 aromatic heterocycles. The van der Waals surface area contributed by atoms with E-state index in [1.54, 1.807) is 24.3 Å². The fraction of sp³-hybridized carbons (Fsp3) is 0.462. The molecule has 1 atom stereocenters.